The summed E-state index contributed by atoms with van der Waals surface area (Å²) in [6.07, 6.45) is 5.03. The van der Waals surface area contributed by atoms with Crippen molar-refractivity contribution in [3.63, 3.8) is 0 Å². The fourth-order valence-electron chi connectivity index (χ4n) is 2.00. The van der Waals surface area contributed by atoms with E-state index >= 15 is 0 Å². The first-order chi connectivity index (χ1) is 9.49. The average molecular weight is 292 g/mol. The first kappa shape index (κ1) is 14.7. The van der Waals surface area contributed by atoms with Crippen LogP contribution in [-0.4, -0.2) is 21.1 Å². The number of rotatable bonds is 4. The molecule has 0 aliphatic rings. The fourth-order valence-corrected chi connectivity index (χ4v) is 2.35. The molecule has 106 valence electrons. The quantitative estimate of drug-likeness (QED) is 0.796. The van der Waals surface area contributed by atoms with Crippen LogP contribution in [0, 0.1) is 0 Å². The molecule has 0 aromatic carbocycles. The molecular formula is C15H18ClN3O. The predicted molar refractivity (Wildman–Crippen MR) is 80.1 cm³/mol. The van der Waals surface area contributed by atoms with Gasteiger partial charge >= 0.3 is 0 Å². The summed E-state index contributed by atoms with van der Waals surface area (Å²) in [7, 11) is 0. The standard InChI is InChI=1S/C15H18ClN3O/c1-9(2)13-14(18-8-19-15(13)16)11-5-12(7-17-6-11)20-10(3)4/h5-10H,1-4H3. The highest BCUT2D eigenvalue weighted by molar-refractivity contribution is 6.30. The van der Waals surface area contributed by atoms with Crippen molar-refractivity contribution in [1.29, 1.82) is 0 Å². The maximum atomic E-state index is 6.20. The van der Waals surface area contributed by atoms with E-state index in [1.165, 1.54) is 6.33 Å². The lowest BCUT2D eigenvalue weighted by Crippen LogP contribution is -2.06. The van der Waals surface area contributed by atoms with E-state index in [0.717, 1.165) is 22.6 Å². The molecule has 2 rings (SSSR count). The van der Waals surface area contributed by atoms with E-state index in [0.29, 0.717) is 5.15 Å². The van der Waals surface area contributed by atoms with E-state index in [1.54, 1.807) is 12.4 Å². The second kappa shape index (κ2) is 6.18. The molecule has 2 aromatic rings. The molecule has 0 radical (unpaired) electrons. The molecule has 0 aliphatic heterocycles. The van der Waals surface area contributed by atoms with Crippen molar-refractivity contribution in [1.82, 2.24) is 15.0 Å². The molecular weight excluding hydrogens is 274 g/mol. The Morgan fingerprint density at radius 3 is 2.50 bits per heavy atom. The van der Waals surface area contributed by atoms with Gasteiger partial charge in [0.05, 0.1) is 18.0 Å². The number of nitrogens with zero attached hydrogens (tertiary/aromatic N) is 3. The van der Waals surface area contributed by atoms with E-state index in [2.05, 4.69) is 28.8 Å². The summed E-state index contributed by atoms with van der Waals surface area (Å²) in [5.74, 6) is 0.954. The summed E-state index contributed by atoms with van der Waals surface area (Å²) in [6.45, 7) is 8.09. The average Bonchev–Trinajstić information content (AvgIpc) is 2.37. The monoisotopic (exact) mass is 291 g/mol. The summed E-state index contributed by atoms with van der Waals surface area (Å²) in [6, 6.07) is 1.93. The van der Waals surface area contributed by atoms with Gasteiger partial charge in [0.25, 0.3) is 0 Å². The lowest BCUT2D eigenvalue weighted by Gasteiger charge is -2.14. The number of hydrogen-bond acceptors (Lipinski definition) is 4. The fraction of sp³-hybridized carbons (Fsp3) is 0.400. The lowest BCUT2D eigenvalue weighted by molar-refractivity contribution is 0.241. The van der Waals surface area contributed by atoms with Crippen LogP contribution in [0.15, 0.2) is 24.8 Å². The maximum Gasteiger partial charge on any atom is 0.138 e. The Morgan fingerprint density at radius 1 is 1.10 bits per heavy atom. The SMILES string of the molecule is CC(C)Oc1cncc(-c2ncnc(Cl)c2C(C)C)c1. The number of aromatic nitrogens is 3. The molecule has 0 fully saturated rings. The summed E-state index contributed by atoms with van der Waals surface area (Å²) in [5, 5.41) is 0.486. The van der Waals surface area contributed by atoms with Crippen LogP contribution in [0.2, 0.25) is 5.15 Å². The van der Waals surface area contributed by atoms with E-state index in [4.69, 9.17) is 16.3 Å². The zero-order chi connectivity index (χ0) is 14.7. The van der Waals surface area contributed by atoms with Gasteiger partial charge in [-0.2, -0.15) is 0 Å². The Kier molecular flexibility index (Phi) is 4.55. The molecule has 2 aromatic heterocycles. The molecule has 0 atom stereocenters. The van der Waals surface area contributed by atoms with Gasteiger partial charge in [-0.1, -0.05) is 25.4 Å². The third-order valence-electron chi connectivity index (χ3n) is 2.77. The van der Waals surface area contributed by atoms with Gasteiger partial charge in [0.2, 0.25) is 0 Å². The molecule has 0 amide bonds. The van der Waals surface area contributed by atoms with E-state index in [9.17, 15) is 0 Å². The topological polar surface area (TPSA) is 47.9 Å². The van der Waals surface area contributed by atoms with Crippen molar-refractivity contribution in [2.24, 2.45) is 0 Å². The van der Waals surface area contributed by atoms with Gasteiger partial charge in [0.15, 0.2) is 0 Å². The lowest BCUT2D eigenvalue weighted by atomic mass is 9.99. The van der Waals surface area contributed by atoms with Crippen LogP contribution >= 0.6 is 11.6 Å². The Hall–Kier alpha value is -1.68. The molecule has 0 aliphatic carbocycles. The zero-order valence-corrected chi connectivity index (χ0v) is 12.8. The highest BCUT2D eigenvalue weighted by atomic mass is 35.5. The first-order valence-corrected chi connectivity index (χ1v) is 6.99. The number of ether oxygens (including phenoxy) is 1. The molecule has 20 heavy (non-hydrogen) atoms. The van der Waals surface area contributed by atoms with Gasteiger partial charge in [0.1, 0.15) is 17.2 Å². The second-order valence-corrected chi connectivity index (χ2v) is 5.52. The summed E-state index contributed by atoms with van der Waals surface area (Å²) >= 11 is 6.20. The molecule has 0 saturated heterocycles. The number of halogens is 1. The van der Waals surface area contributed by atoms with Crippen LogP contribution in [0.1, 0.15) is 39.2 Å². The van der Waals surface area contributed by atoms with Crippen molar-refractivity contribution in [3.8, 4) is 17.0 Å². The molecule has 0 spiro atoms. The second-order valence-electron chi connectivity index (χ2n) is 5.16. The number of hydrogen-bond donors (Lipinski definition) is 0. The van der Waals surface area contributed by atoms with Gasteiger partial charge in [-0.15, -0.1) is 0 Å². The van der Waals surface area contributed by atoms with Crippen molar-refractivity contribution >= 4 is 11.6 Å². The molecule has 0 saturated carbocycles. The van der Waals surface area contributed by atoms with Gasteiger partial charge in [0, 0.05) is 17.3 Å². The Morgan fingerprint density at radius 2 is 1.85 bits per heavy atom. The first-order valence-electron chi connectivity index (χ1n) is 6.61. The van der Waals surface area contributed by atoms with Crippen molar-refractivity contribution in [3.05, 3.63) is 35.5 Å². The van der Waals surface area contributed by atoms with E-state index in [1.807, 2.05) is 19.9 Å². The predicted octanol–water partition coefficient (Wildman–Crippen LogP) is 4.10. The van der Waals surface area contributed by atoms with Crippen LogP contribution < -0.4 is 4.74 Å². The maximum absolute atomic E-state index is 6.20. The van der Waals surface area contributed by atoms with Crippen LogP contribution in [0.4, 0.5) is 0 Å². The molecule has 4 nitrogen and oxygen atoms in total. The number of pyridine rings is 1. The van der Waals surface area contributed by atoms with Gasteiger partial charge in [-0.05, 0) is 25.8 Å². The largest absolute Gasteiger partial charge is 0.489 e. The Balaban J connectivity index is 2.49. The van der Waals surface area contributed by atoms with Crippen LogP contribution in [0.3, 0.4) is 0 Å². The molecule has 2 heterocycles. The molecule has 0 bridgehead atoms. The minimum absolute atomic E-state index is 0.102. The highest BCUT2D eigenvalue weighted by Crippen LogP contribution is 2.32. The summed E-state index contributed by atoms with van der Waals surface area (Å²) in [4.78, 5) is 12.6. The van der Waals surface area contributed by atoms with Crippen LogP contribution in [0.5, 0.6) is 5.75 Å². The third-order valence-corrected chi connectivity index (χ3v) is 3.07. The zero-order valence-electron chi connectivity index (χ0n) is 12.1. The third kappa shape index (κ3) is 3.25. The summed E-state index contributed by atoms with van der Waals surface area (Å²) < 4.78 is 5.67. The van der Waals surface area contributed by atoms with Crippen molar-refractivity contribution < 1.29 is 4.74 Å². The minimum atomic E-state index is 0.102. The summed E-state index contributed by atoms with van der Waals surface area (Å²) in [5.41, 5.74) is 2.62. The minimum Gasteiger partial charge on any atom is -0.489 e. The van der Waals surface area contributed by atoms with Crippen LogP contribution in [-0.2, 0) is 0 Å². The Labute approximate surface area is 124 Å². The van der Waals surface area contributed by atoms with Crippen molar-refractivity contribution in [2.45, 2.75) is 39.7 Å². The highest BCUT2D eigenvalue weighted by Gasteiger charge is 2.16. The smallest absolute Gasteiger partial charge is 0.138 e. The molecule has 0 N–H and O–H groups in total. The Bertz CT molecular complexity index is 599. The van der Waals surface area contributed by atoms with Gasteiger partial charge in [-0.3, -0.25) is 4.98 Å². The van der Waals surface area contributed by atoms with E-state index < -0.39 is 0 Å². The molecule has 5 heteroatoms. The molecule has 0 unspecified atom stereocenters. The van der Waals surface area contributed by atoms with Gasteiger partial charge in [-0.25, -0.2) is 9.97 Å². The van der Waals surface area contributed by atoms with Gasteiger partial charge < -0.3 is 4.74 Å². The van der Waals surface area contributed by atoms with Crippen molar-refractivity contribution in [2.75, 3.05) is 0 Å². The van der Waals surface area contributed by atoms with E-state index in [-0.39, 0.29) is 12.0 Å². The normalized spacial score (nSPS) is 11.2. The van der Waals surface area contributed by atoms with Crippen LogP contribution in [0.25, 0.3) is 11.3 Å².